The third-order valence-corrected chi connectivity index (χ3v) is 4.33. The van der Waals surface area contributed by atoms with Crippen LogP contribution < -0.4 is 15.0 Å². The summed E-state index contributed by atoms with van der Waals surface area (Å²) in [5, 5.41) is 2.81. The van der Waals surface area contributed by atoms with E-state index in [1.165, 1.54) is 12.4 Å². The number of hydrogen-bond donors (Lipinski definition) is 1. The van der Waals surface area contributed by atoms with Gasteiger partial charge in [0, 0.05) is 51.2 Å². The number of ether oxygens (including phenoxy) is 1. The summed E-state index contributed by atoms with van der Waals surface area (Å²) < 4.78 is 5.38. The van der Waals surface area contributed by atoms with Crippen LogP contribution in [0.2, 0.25) is 0 Å². The molecule has 142 valence electrons. The SMILES string of the molecule is CCOc1ccc(NC(=O)c2cnc(N3CCN(C(C)=O)CC3)nc2)cc1. The van der Waals surface area contributed by atoms with Crippen molar-refractivity contribution in [2.24, 2.45) is 0 Å². The topological polar surface area (TPSA) is 87.7 Å². The first kappa shape index (κ1) is 18.6. The molecule has 2 amide bonds. The second kappa shape index (κ2) is 8.48. The molecule has 0 saturated carbocycles. The Morgan fingerprint density at radius 2 is 1.70 bits per heavy atom. The van der Waals surface area contributed by atoms with Gasteiger partial charge in [-0.25, -0.2) is 9.97 Å². The predicted octanol–water partition coefficient (Wildman–Crippen LogP) is 1.80. The Labute approximate surface area is 158 Å². The number of carbonyl (C=O) groups is 2. The number of nitrogens with zero attached hydrogens (tertiary/aromatic N) is 4. The average molecular weight is 369 g/mol. The van der Waals surface area contributed by atoms with Gasteiger partial charge in [0.1, 0.15) is 5.75 Å². The highest BCUT2D eigenvalue weighted by Crippen LogP contribution is 2.17. The van der Waals surface area contributed by atoms with E-state index in [-0.39, 0.29) is 11.8 Å². The van der Waals surface area contributed by atoms with Crippen molar-refractivity contribution in [2.45, 2.75) is 13.8 Å². The van der Waals surface area contributed by atoms with Crippen molar-refractivity contribution in [3.63, 3.8) is 0 Å². The van der Waals surface area contributed by atoms with E-state index in [9.17, 15) is 9.59 Å². The van der Waals surface area contributed by atoms with E-state index in [0.29, 0.717) is 50.0 Å². The van der Waals surface area contributed by atoms with E-state index in [2.05, 4.69) is 15.3 Å². The third kappa shape index (κ3) is 4.72. The van der Waals surface area contributed by atoms with E-state index in [4.69, 9.17) is 4.74 Å². The normalized spacial score (nSPS) is 14.0. The van der Waals surface area contributed by atoms with Gasteiger partial charge in [-0.2, -0.15) is 0 Å². The minimum atomic E-state index is -0.271. The Hall–Kier alpha value is -3.16. The quantitative estimate of drug-likeness (QED) is 0.865. The number of amides is 2. The summed E-state index contributed by atoms with van der Waals surface area (Å²) in [6.07, 6.45) is 3.03. The highest BCUT2D eigenvalue weighted by Gasteiger charge is 2.20. The lowest BCUT2D eigenvalue weighted by Gasteiger charge is -2.34. The lowest BCUT2D eigenvalue weighted by molar-refractivity contribution is -0.129. The number of nitrogens with one attached hydrogen (secondary N) is 1. The lowest BCUT2D eigenvalue weighted by Crippen LogP contribution is -2.48. The second-order valence-electron chi connectivity index (χ2n) is 6.18. The summed E-state index contributed by atoms with van der Waals surface area (Å²) in [4.78, 5) is 36.2. The van der Waals surface area contributed by atoms with Gasteiger partial charge >= 0.3 is 0 Å². The molecule has 1 aliphatic rings. The first-order valence-corrected chi connectivity index (χ1v) is 8.93. The average Bonchev–Trinajstić information content (AvgIpc) is 2.70. The van der Waals surface area contributed by atoms with Crippen LogP contribution in [0.3, 0.4) is 0 Å². The zero-order chi connectivity index (χ0) is 19.2. The fourth-order valence-electron chi connectivity index (χ4n) is 2.83. The summed E-state index contributed by atoms with van der Waals surface area (Å²) in [5.74, 6) is 1.13. The number of aromatic nitrogens is 2. The summed E-state index contributed by atoms with van der Waals surface area (Å²) in [7, 11) is 0. The van der Waals surface area contributed by atoms with Crippen molar-refractivity contribution in [2.75, 3.05) is 43.0 Å². The number of hydrogen-bond acceptors (Lipinski definition) is 6. The molecule has 0 bridgehead atoms. The molecule has 2 aromatic rings. The zero-order valence-corrected chi connectivity index (χ0v) is 15.5. The van der Waals surface area contributed by atoms with Crippen LogP contribution >= 0.6 is 0 Å². The minimum Gasteiger partial charge on any atom is -0.494 e. The second-order valence-corrected chi connectivity index (χ2v) is 6.18. The van der Waals surface area contributed by atoms with Crippen molar-refractivity contribution in [3.8, 4) is 5.75 Å². The maximum absolute atomic E-state index is 12.4. The molecule has 8 heteroatoms. The Morgan fingerprint density at radius 3 is 2.26 bits per heavy atom. The van der Waals surface area contributed by atoms with Gasteiger partial charge in [-0.15, -0.1) is 0 Å². The van der Waals surface area contributed by atoms with Crippen LogP contribution in [0.1, 0.15) is 24.2 Å². The van der Waals surface area contributed by atoms with Crippen LogP contribution in [0.15, 0.2) is 36.7 Å². The largest absolute Gasteiger partial charge is 0.494 e. The highest BCUT2D eigenvalue weighted by molar-refractivity contribution is 6.03. The van der Waals surface area contributed by atoms with Crippen LogP contribution in [-0.2, 0) is 4.79 Å². The first-order chi connectivity index (χ1) is 13.1. The van der Waals surface area contributed by atoms with Crippen LogP contribution in [-0.4, -0.2) is 59.5 Å². The van der Waals surface area contributed by atoms with Crippen molar-refractivity contribution in [1.29, 1.82) is 0 Å². The Bertz CT molecular complexity index is 784. The van der Waals surface area contributed by atoms with Crippen molar-refractivity contribution >= 4 is 23.5 Å². The van der Waals surface area contributed by atoms with Gasteiger partial charge in [-0.05, 0) is 31.2 Å². The molecule has 0 aliphatic carbocycles. The lowest BCUT2D eigenvalue weighted by atomic mass is 10.2. The zero-order valence-electron chi connectivity index (χ0n) is 15.5. The number of piperazine rings is 1. The molecule has 1 aromatic heterocycles. The summed E-state index contributed by atoms with van der Waals surface area (Å²) in [6, 6.07) is 7.18. The molecule has 8 nitrogen and oxygen atoms in total. The summed E-state index contributed by atoms with van der Waals surface area (Å²) in [6.45, 7) is 6.75. The number of benzene rings is 1. The maximum atomic E-state index is 12.4. The standard InChI is InChI=1S/C19H23N5O3/c1-3-27-17-6-4-16(5-7-17)22-18(26)15-12-20-19(21-13-15)24-10-8-23(9-11-24)14(2)25/h4-7,12-13H,3,8-11H2,1-2H3,(H,22,26). The predicted molar refractivity (Wildman–Crippen MR) is 102 cm³/mol. The molecule has 1 aliphatic heterocycles. The van der Waals surface area contributed by atoms with Gasteiger partial charge in [0.15, 0.2) is 0 Å². The van der Waals surface area contributed by atoms with E-state index >= 15 is 0 Å². The van der Waals surface area contributed by atoms with Crippen LogP contribution in [0, 0.1) is 0 Å². The molecule has 3 rings (SSSR count). The fourth-order valence-corrected chi connectivity index (χ4v) is 2.83. The van der Waals surface area contributed by atoms with Crippen LogP contribution in [0.4, 0.5) is 11.6 Å². The molecule has 1 N–H and O–H groups in total. The van der Waals surface area contributed by atoms with Gasteiger partial charge < -0.3 is 19.9 Å². The van der Waals surface area contributed by atoms with Crippen LogP contribution in [0.5, 0.6) is 5.75 Å². The smallest absolute Gasteiger partial charge is 0.258 e. The molecule has 27 heavy (non-hydrogen) atoms. The molecular formula is C19H23N5O3. The molecule has 0 spiro atoms. The summed E-state index contributed by atoms with van der Waals surface area (Å²) >= 11 is 0. The van der Waals surface area contributed by atoms with Crippen molar-refractivity contribution < 1.29 is 14.3 Å². The Morgan fingerprint density at radius 1 is 1.07 bits per heavy atom. The number of carbonyl (C=O) groups excluding carboxylic acids is 2. The summed E-state index contributed by atoms with van der Waals surface area (Å²) in [5.41, 5.74) is 1.06. The molecule has 1 aromatic carbocycles. The van der Waals surface area contributed by atoms with E-state index < -0.39 is 0 Å². The van der Waals surface area contributed by atoms with Crippen molar-refractivity contribution in [1.82, 2.24) is 14.9 Å². The highest BCUT2D eigenvalue weighted by atomic mass is 16.5. The number of rotatable bonds is 5. The Balaban J connectivity index is 1.58. The third-order valence-electron chi connectivity index (χ3n) is 4.33. The van der Waals surface area contributed by atoms with Gasteiger partial charge in [-0.1, -0.05) is 0 Å². The van der Waals surface area contributed by atoms with Crippen LogP contribution in [0.25, 0.3) is 0 Å². The fraction of sp³-hybridized carbons (Fsp3) is 0.368. The van der Waals surface area contributed by atoms with Gasteiger partial charge in [0.05, 0.1) is 12.2 Å². The maximum Gasteiger partial charge on any atom is 0.258 e. The van der Waals surface area contributed by atoms with E-state index in [1.807, 2.05) is 11.8 Å². The molecule has 2 heterocycles. The Kier molecular flexibility index (Phi) is 5.85. The molecule has 1 fully saturated rings. The molecule has 1 saturated heterocycles. The molecule has 0 unspecified atom stereocenters. The monoisotopic (exact) mass is 369 g/mol. The molecular weight excluding hydrogens is 346 g/mol. The molecule has 0 radical (unpaired) electrons. The van der Waals surface area contributed by atoms with Gasteiger partial charge in [0.2, 0.25) is 11.9 Å². The minimum absolute atomic E-state index is 0.0804. The van der Waals surface area contributed by atoms with E-state index in [1.54, 1.807) is 36.1 Å². The first-order valence-electron chi connectivity index (χ1n) is 8.93. The van der Waals surface area contributed by atoms with Gasteiger partial charge in [-0.3, -0.25) is 9.59 Å². The van der Waals surface area contributed by atoms with Gasteiger partial charge in [0.25, 0.3) is 5.91 Å². The molecule has 0 atom stereocenters. The number of anilines is 2. The van der Waals surface area contributed by atoms with Crippen molar-refractivity contribution in [3.05, 3.63) is 42.2 Å². The van der Waals surface area contributed by atoms with E-state index in [0.717, 1.165) is 5.75 Å².